The lowest BCUT2D eigenvalue weighted by atomic mass is 9.80. The van der Waals surface area contributed by atoms with Crippen LogP contribution in [0.1, 0.15) is 37.5 Å². The Kier molecular flexibility index (Phi) is 7.55. The number of alkyl halides is 14. The van der Waals surface area contributed by atoms with E-state index in [9.17, 15) is 61.5 Å². The van der Waals surface area contributed by atoms with Crippen molar-refractivity contribution in [2.24, 2.45) is 0 Å². The lowest BCUT2D eigenvalue weighted by Crippen LogP contribution is -2.51. The Bertz CT molecular complexity index is 1330. The van der Waals surface area contributed by atoms with E-state index in [0.29, 0.717) is 11.8 Å². The van der Waals surface area contributed by atoms with E-state index in [-0.39, 0.29) is 16.3 Å². The van der Waals surface area contributed by atoms with Gasteiger partial charge < -0.3 is 0 Å². The second kappa shape index (κ2) is 9.24. The second-order valence-corrected chi connectivity index (χ2v) is 8.97. The molecule has 0 unspecified atom stereocenters. The third kappa shape index (κ3) is 5.64. The topological polar surface area (TPSA) is 0 Å². The van der Waals surface area contributed by atoms with Crippen LogP contribution in [0.3, 0.4) is 0 Å². The summed E-state index contributed by atoms with van der Waals surface area (Å²) in [6.07, 6.45) is -13.2. The Morgan fingerprint density at radius 3 is 1.42 bits per heavy atom. The summed E-state index contributed by atoms with van der Waals surface area (Å²) in [5.74, 6) is -20.2. The van der Waals surface area contributed by atoms with Crippen molar-refractivity contribution in [3.63, 3.8) is 0 Å². The van der Waals surface area contributed by atoms with Crippen molar-refractivity contribution in [3.05, 3.63) is 47.0 Å². The molecule has 0 nitrogen and oxygen atoms in total. The highest BCUT2D eigenvalue weighted by atomic mass is 19.4. The molecule has 0 aliphatic rings. The highest BCUT2D eigenvalue weighted by Gasteiger charge is 2.73. The van der Waals surface area contributed by atoms with Crippen LogP contribution in [-0.2, 0) is 5.41 Å². The third-order valence-corrected chi connectivity index (χ3v) is 4.99. The second-order valence-electron chi connectivity index (χ2n) is 8.97. The molecule has 0 N–H and O–H groups in total. The first kappa shape index (κ1) is 31.1. The summed E-state index contributed by atoms with van der Waals surface area (Å²) in [6, 6.07) is 4.98. The fraction of sp³-hybridized carbons (Fsp3) is 0.417. The molecule has 0 radical (unpaired) electrons. The average Bonchev–Trinajstić information content (AvgIpc) is 2.73. The highest BCUT2D eigenvalue weighted by molar-refractivity contribution is 5.90. The Hall–Kier alpha value is -3.16. The van der Waals surface area contributed by atoms with Crippen molar-refractivity contribution < 1.29 is 61.5 Å². The van der Waals surface area contributed by atoms with E-state index < -0.39 is 52.6 Å². The number of hydrogen-bond donors (Lipinski definition) is 0. The molecule has 0 aliphatic heterocycles. The molecule has 14 heteroatoms. The first-order valence-corrected chi connectivity index (χ1v) is 10.0. The molecular formula is C24H14F14. The monoisotopic (exact) mass is 568 g/mol. The Morgan fingerprint density at radius 1 is 0.553 bits per heavy atom. The van der Waals surface area contributed by atoms with Gasteiger partial charge >= 0.3 is 36.0 Å². The van der Waals surface area contributed by atoms with E-state index in [4.69, 9.17) is 0 Å². The molecule has 0 bridgehead atoms. The predicted octanol–water partition coefficient (Wildman–Crippen LogP) is 8.51. The maximum atomic E-state index is 13.7. The number of rotatable bonds is 2. The number of fused-ring (bicyclic) bond motifs is 1. The summed E-state index contributed by atoms with van der Waals surface area (Å²) in [5.41, 5.74) is -1.83. The normalized spacial score (nSPS) is 14.0. The number of benzene rings is 2. The molecule has 2 aromatic rings. The van der Waals surface area contributed by atoms with Gasteiger partial charge in [-0.25, -0.2) is 0 Å². The van der Waals surface area contributed by atoms with E-state index in [1.807, 2.05) is 0 Å². The molecule has 0 saturated carbocycles. The Morgan fingerprint density at radius 2 is 1.00 bits per heavy atom. The van der Waals surface area contributed by atoms with Gasteiger partial charge in [0.15, 0.2) is 0 Å². The van der Waals surface area contributed by atoms with Crippen LogP contribution in [0.15, 0.2) is 30.3 Å². The van der Waals surface area contributed by atoms with Crippen LogP contribution in [0.4, 0.5) is 61.5 Å². The highest BCUT2D eigenvalue weighted by Crippen LogP contribution is 2.47. The minimum Gasteiger partial charge on any atom is -0.188 e. The van der Waals surface area contributed by atoms with Gasteiger partial charge in [0, 0.05) is 11.1 Å². The van der Waals surface area contributed by atoms with E-state index in [2.05, 4.69) is 0 Å². The lowest BCUT2D eigenvalue weighted by molar-refractivity contribution is -0.339. The molecule has 0 heterocycles. The zero-order valence-corrected chi connectivity index (χ0v) is 19.2. The fourth-order valence-corrected chi connectivity index (χ4v) is 3.13. The quantitative estimate of drug-likeness (QED) is 0.252. The predicted molar refractivity (Wildman–Crippen MR) is 108 cm³/mol. The summed E-state index contributed by atoms with van der Waals surface area (Å²) in [4.78, 5) is 0. The van der Waals surface area contributed by atoms with Gasteiger partial charge in [0.05, 0.1) is 0 Å². The van der Waals surface area contributed by atoms with E-state index in [1.54, 1.807) is 5.92 Å². The van der Waals surface area contributed by atoms with Crippen LogP contribution in [0.25, 0.3) is 10.8 Å². The zero-order valence-electron chi connectivity index (χ0n) is 19.2. The summed E-state index contributed by atoms with van der Waals surface area (Å²) in [5, 5.41) is 0.165. The van der Waals surface area contributed by atoms with Crippen molar-refractivity contribution in [2.45, 2.75) is 62.2 Å². The maximum Gasteiger partial charge on any atom is 0.461 e. The van der Waals surface area contributed by atoms with Gasteiger partial charge in [-0.3, -0.25) is 0 Å². The van der Waals surface area contributed by atoms with Crippen LogP contribution < -0.4 is 0 Å². The summed E-state index contributed by atoms with van der Waals surface area (Å²) < 4.78 is 181. The SMILES string of the molecule is CC(C)(C)c1c(C#CC(F)(F)C(F)(F)C(F)(F)F)ccc2cc(C#CC(F)(F)C(F)(F)C(F)(F)F)ccc12. The largest absolute Gasteiger partial charge is 0.461 e. The third-order valence-electron chi connectivity index (χ3n) is 4.99. The first-order chi connectivity index (χ1) is 16.8. The summed E-state index contributed by atoms with van der Waals surface area (Å²) >= 11 is 0. The van der Waals surface area contributed by atoms with E-state index in [0.717, 1.165) is 30.3 Å². The molecule has 0 spiro atoms. The molecular weight excluding hydrogens is 554 g/mol. The molecule has 208 valence electrons. The van der Waals surface area contributed by atoms with Gasteiger partial charge in [0.25, 0.3) is 0 Å². The average molecular weight is 568 g/mol. The Labute approximate surface area is 206 Å². The van der Waals surface area contributed by atoms with Gasteiger partial charge in [0.2, 0.25) is 0 Å². The van der Waals surface area contributed by atoms with Gasteiger partial charge in [-0.05, 0) is 51.8 Å². The number of hydrogen-bond acceptors (Lipinski definition) is 0. The van der Waals surface area contributed by atoms with Crippen LogP contribution in [0.5, 0.6) is 0 Å². The summed E-state index contributed by atoms with van der Waals surface area (Å²) in [6.45, 7) is 4.47. The van der Waals surface area contributed by atoms with Crippen LogP contribution in [0, 0.1) is 23.7 Å². The Balaban J connectivity index is 2.65. The molecule has 2 rings (SSSR count). The van der Waals surface area contributed by atoms with Gasteiger partial charge in [-0.1, -0.05) is 44.7 Å². The molecule has 0 aliphatic carbocycles. The fourth-order valence-electron chi connectivity index (χ4n) is 3.13. The zero-order chi connectivity index (χ0) is 29.8. The molecule has 38 heavy (non-hydrogen) atoms. The van der Waals surface area contributed by atoms with Crippen molar-refractivity contribution in [1.29, 1.82) is 0 Å². The van der Waals surface area contributed by atoms with Gasteiger partial charge in [-0.15, -0.1) is 0 Å². The van der Waals surface area contributed by atoms with Crippen LogP contribution >= 0.6 is 0 Å². The summed E-state index contributed by atoms with van der Waals surface area (Å²) in [7, 11) is 0. The van der Waals surface area contributed by atoms with Gasteiger partial charge in [-0.2, -0.15) is 61.5 Å². The molecule has 0 atom stereocenters. The van der Waals surface area contributed by atoms with Crippen molar-refractivity contribution >= 4 is 10.8 Å². The minimum atomic E-state index is -6.60. The molecule has 0 aromatic heterocycles. The molecule has 0 saturated heterocycles. The maximum absolute atomic E-state index is 13.7. The molecule has 0 amide bonds. The van der Waals surface area contributed by atoms with Crippen molar-refractivity contribution in [3.8, 4) is 23.7 Å². The van der Waals surface area contributed by atoms with E-state index in [1.165, 1.54) is 26.7 Å². The standard InChI is InChI=1S/C24H14F14/c1-18(2,3)17-14(9-11-20(27,28)22(31,32)24(36,37)38)5-6-15-12-13(4-7-16(15)17)8-10-19(25,26)21(29,30)23(33,34)35/h4-7,12H,1-3H3. The molecule has 0 fully saturated rings. The van der Waals surface area contributed by atoms with Crippen molar-refractivity contribution in [1.82, 2.24) is 0 Å². The van der Waals surface area contributed by atoms with Crippen molar-refractivity contribution in [2.75, 3.05) is 0 Å². The van der Waals surface area contributed by atoms with E-state index >= 15 is 0 Å². The minimum absolute atomic E-state index is 0.0436. The lowest BCUT2D eigenvalue weighted by Gasteiger charge is -2.25. The van der Waals surface area contributed by atoms with Gasteiger partial charge in [0.1, 0.15) is 0 Å². The smallest absolute Gasteiger partial charge is 0.188 e. The first-order valence-electron chi connectivity index (χ1n) is 10.0. The van der Waals surface area contributed by atoms with Crippen LogP contribution in [-0.4, -0.2) is 36.0 Å². The molecule has 2 aromatic carbocycles. The van der Waals surface area contributed by atoms with Crippen LogP contribution in [0.2, 0.25) is 0 Å². The number of halogens is 14.